The lowest BCUT2D eigenvalue weighted by Crippen LogP contribution is -1.90. The van der Waals surface area contributed by atoms with Crippen molar-refractivity contribution in [2.75, 3.05) is 0 Å². The second-order valence-electron chi connectivity index (χ2n) is 4.30. The maximum atomic E-state index is 13.1. The topological polar surface area (TPSA) is 13.1 Å². The fourth-order valence-corrected chi connectivity index (χ4v) is 2.48. The van der Waals surface area contributed by atoms with E-state index >= 15 is 0 Å². The first-order valence-corrected chi connectivity index (χ1v) is 6.53. The van der Waals surface area contributed by atoms with Crippen molar-refractivity contribution in [2.24, 2.45) is 0 Å². The molecule has 0 unspecified atom stereocenters. The maximum absolute atomic E-state index is 13.1. The van der Waals surface area contributed by atoms with Crippen LogP contribution < -0.4 is 0 Å². The highest BCUT2D eigenvalue weighted by molar-refractivity contribution is 9.10. The van der Waals surface area contributed by atoms with Crippen LogP contribution in [0.15, 0.2) is 51.4 Å². The zero-order valence-corrected chi connectivity index (χ0v) is 11.4. The van der Waals surface area contributed by atoms with E-state index in [0.29, 0.717) is 17.7 Å². The van der Waals surface area contributed by atoms with Crippen LogP contribution in [0.5, 0.6) is 0 Å². The zero-order chi connectivity index (χ0) is 13.4. The van der Waals surface area contributed by atoms with E-state index in [2.05, 4.69) is 15.9 Å². The van der Waals surface area contributed by atoms with Crippen LogP contribution in [0.25, 0.3) is 11.0 Å². The number of rotatable bonds is 2. The standard InChI is InChI=1S/C15H9BrF2O/c16-12-3-1-2-10-8-11(19-15(10)12)6-9-4-5-13(17)14(18)7-9/h1-5,7-8H,6H2. The summed E-state index contributed by atoms with van der Waals surface area (Å²) in [5, 5.41) is 0.979. The molecule has 0 aliphatic heterocycles. The molecule has 1 heterocycles. The van der Waals surface area contributed by atoms with Crippen molar-refractivity contribution < 1.29 is 13.2 Å². The molecule has 0 fully saturated rings. The normalized spacial score (nSPS) is 11.1. The van der Waals surface area contributed by atoms with Gasteiger partial charge in [-0.15, -0.1) is 0 Å². The van der Waals surface area contributed by atoms with Gasteiger partial charge < -0.3 is 4.42 Å². The Kier molecular flexibility index (Phi) is 3.11. The Bertz CT molecular complexity index is 749. The van der Waals surface area contributed by atoms with Gasteiger partial charge in [0, 0.05) is 11.8 Å². The van der Waals surface area contributed by atoms with Crippen LogP contribution in [0.1, 0.15) is 11.3 Å². The molecule has 2 aromatic carbocycles. The van der Waals surface area contributed by atoms with Gasteiger partial charge in [0.05, 0.1) is 4.47 Å². The average molecular weight is 323 g/mol. The molecule has 0 aliphatic rings. The van der Waals surface area contributed by atoms with Crippen molar-refractivity contribution >= 4 is 26.9 Å². The van der Waals surface area contributed by atoms with Gasteiger partial charge in [0.25, 0.3) is 0 Å². The molecular weight excluding hydrogens is 314 g/mol. The zero-order valence-electron chi connectivity index (χ0n) is 9.79. The number of hydrogen-bond acceptors (Lipinski definition) is 1. The molecule has 1 aromatic heterocycles. The summed E-state index contributed by atoms with van der Waals surface area (Å²) in [4.78, 5) is 0. The van der Waals surface area contributed by atoms with Gasteiger partial charge in [0.1, 0.15) is 11.3 Å². The molecular formula is C15H9BrF2O. The van der Waals surface area contributed by atoms with Crippen molar-refractivity contribution in [1.29, 1.82) is 0 Å². The summed E-state index contributed by atoms with van der Waals surface area (Å²) in [6.07, 6.45) is 0.429. The van der Waals surface area contributed by atoms with Crippen LogP contribution in [0.3, 0.4) is 0 Å². The van der Waals surface area contributed by atoms with Gasteiger partial charge in [0.2, 0.25) is 0 Å². The molecule has 4 heteroatoms. The van der Waals surface area contributed by atoms with Gasteiger partial charge in [-0.1, -0.05) is 18.2 Å². The number of para-hydroxylation sites is 1. The SMILES string of the molecule is Fc1ccc(Cc2cc3cccc(Br)c3o2)cc1F. The molecule has 0 amide bonds. The molecule has 0 aliphatic carbocycles. The summed E-state index contributed by atoms with van der Waals surface area (Å²) in [5.41, 5.74) is 1.44. The molecule has 0 radical (unpaired) electrons. The fraction of sp³-hybridized carbons (Fsp3) is 0.0667. The summed E-state index contributed by atoms with van der Waals surface area (Å²) in [6, 6.07) is 11.5. The van der Waals surface area contributed by atoms with Crippen molar-refractivity contribution in [3.05, 3.63) is 69.9 Å². The number of fused-ring (bicyclic) bond motifs is 1. The number of hydrogen-bond donors (Lipinski definition) is 0. The monoisotopic (exact) mass is 322 g/mol. The van der Waals surface area contributed by atoms with E-state index in [0.717, 1.165) is 21.5 Å². The van der Waals surface area contributed by atoms with Gasteiger partial charge in [0.15, 0.2) is 11.6 Å². The van der Waals surface area contributed by atoms with Crippen molar-refractivity contribution in [2.45, 2.75) is 6.42 Å². The van der Waals surface area contributed by atoms with E-state index in [4.69, 9.17) is 4.42 Å². The maximum Gasteiger partial charge on any atom is 0.159 e. The lowest BCUT2D eigenvalue weighted by atomic mass is 10.1. The van der Waals surface area contributed by atoms with Gasteiger partial charge in [-0.3, -0.25) is 0 Å². The number of furan rings is 1. The second-order valence-corrected chi connectivity index (χ2v) is 5.15. The highest BCUT2D eigenvalue weighted by atomic mass is 79.9. The Labute approximate surface area is 117 Å². The van der Waals surface area contributed by atoms with Gasteiger partial charge in [-0.2, -0.15) is 0 Å². The predicted octanol–water partition coefficient (Wildman–Crippen LogP) is 5.06. The quantitative estimate of drug-likeness (QED) is 0.642. The minimum atomic E-state index is -0.838. The first-order valence-electron chi connectivity index (χ1n) is 5.74. The van der Waals surface area contributed by atoms with E-state index in [9.17, 15) is 8.78 Å². The summed E-state index contributed by atoms with van der Waals surface area (Å²) in [6.45, 7) is 0. The third-order valence-corrected chi connectivity index (χ3v) is 3.53. The van der Waals surface area contributed by atoms with E-state index in [1.165, 1.54) is 6.07 Å². The smallest absolute Gasteiger partial charge is 0.159 e. The Balaban J connectivity index is 1.96. The first-order chi connectivity index (χ1) is 9.13. The molecule has 19 heavy (non-hydrogen) atoms. The Morgan fingerprint density at radius 3 is 2.58 bits per heavy atom. The van der Waals surface area contributed by atoms with Crippen LogP contribution in [0, 0.1) is 11.6 Å². The van der Waals surface area contributed by atoms with Crippen LogP contribution in [0.4, 0.5) is 8.78 Å². The summed E-state index contributed by atoms with van der Waals surface area (Å²) in [7, 11) is 0. The molecule has 0 saturated carbocycles. The van der Waals surface area contributed by atoms with E-state index in [-0.39, 0.29) is 0 Å². The molecule has 0 saturated heterocycles. The number of halogens is 3. The second kappa shape index (κ2) is 4.78. The lowest BCUT2D eigenvalue weighted by molar-refractivity contribution is 0.506. The minimum absolute atomic E-state index is 0.429. The Morgan fingerprint density at radius 2 is 1.84 bits per heavy atom. The highest BCUT2D eigenvalue weighted by Gasteiger charge is 2.09. The average Bonchev–Trinajstić information content (AvgIpc) is 2.78. The first kappa shape index (κ1) is 12.4. The molecule has 3 rings (SSSR count). The lowest BCUT2D eigenvalue weighted by Gasteiger charge is -1.99. The third-order valence-electron chi connectivity index (χ3n) is 2.91. The summed E-state index contributed by atoms with van der Waals surface area (Å²) in [5.74, 6) is -0.959. The van der Waals surface area contributed by atoms with Crippen LogP contribution in [0.2, 0.25) is 0 Å². The number of benzene rings is 2. The molecule has 0 atom stereocenters. The van der Waals surface area contributed by atoms with Crippen LogP contribution in [-0.4, -0.2) is 0 Å². The molecule has 0 spiro atoms. The Hall–Kier alpha value is -1.68. The van der Waals surface area contributed by atoms with Crippen LogP contribution in [-0.2, 0) is 6.42 Å². The van der Waals surface area contributed by atoms with Gasteiger partial charge in [-0.05, 0) is 45.8 Å². The molecule has 1 nitrogen and oxygen atoms in total. The Morgan fingerprint density at radius 1 is 1.00 bits per heavy atom. The van der Waals surface area contributed by atoms with Crippen LogP contribution >= 0.6 is 15.9 Å². The fourth-order valence-electron chi connectivity index (χ4n) is 2.02. The van der Waals surface area contributed by atoms with Gasteiger partial charge >= 0.3 is 0 Å². The van der Waals surface area contributed by atoms with Crippen molar-refractivity contribution in [3.8, 4) is 0 Å². The van der Waals surface area contributed by atoms with E-state index < -0.39 is 11.6 Å². The van der Waals surface area contributed by atoms with E-state index in [1.54, 1.807) is 6.07 Å². The molecule has 96 valence electrons. The van der Waals surface area contributed by atoms with E-state index in [1.807, 2.05) is 24.3 Å². The third kappa shape index (κ3) is 2.40. The molecule has 0 bridgehead atoms. The highest BCUT2D eigenvalue weighted by Crippen LogP contribution is 2.28. The predicted molar refractivity (Wildman–Crippen MR) is 73.1 cm³/mol. The molecule has 0 N–H and O–H groups in total. The van der Waals surface area contributed by atoms with Crippen molar-refractivity contribution in [1.82, 2.24) is 0 Å². The van der Waals surface area contributed by atoms with Gasteiger partial charge in [-0.25, -0.2) is 8.78 Å². The summed E-state index contributed by atoms with van der Waals surface area (Å²) >= 11 is 3.41. The molecule has 3 aromatic rings. The largest absolute Gasteiger partial charge is 0.460 e. The summed E-state index contributed by atoms with van der Waals surface area (Å²) < 4.78 is 32.6. The minimum Gasteiger partial charge on any atom is -0.460 e. The van der Waals surface area contributed by atoms with Crippen molar-refractivity contribution in [3.63, 3.8) is 0 Å².